The Hall–Kier alpha value is -1.99. The molecule has 4 heteroatoms. The van der Waals surface area contributed by atoms with E-state index in [1.54, 1.807) is 7.05 Å². The van der Waals surface area contributed by atoms with E-state index < -0.39 is 0 Å². The highest BCUT2D eigenvalue weighted by Crippen LogP contribution is 2.02. The molecule has 0 aliphatic heterocycles. The fourth-order valence-corrected chi connectivity index (χ4v) is 1.25. The maximum atomic E-state index is 11.6. The summed E-state index contributed by atoms with van der Waals surface area (Å²) in [6, 6.07) is 9.54. The van der Waals surface area contributed by atoms with Crippen molar-refractivity contribution in [2.75, 3.05) is 26.8 Å². The van der Waals surface area contributed by atoms with Gasteiger partial charge in [0.25, 0.3) is 0 Å². The van der Waals surface area contributed by atoms with Crippen LogP contribution in [-0.4, -0.2) is 37.8 Å². The van der Waals surface area contributed by atoms with Crippen LogP contribution in [0.5, 0.6) is 0 Å². The number of carbonyl (C=O) groups is 1. The molecule has 0 aromatic heterocycles. The molecule has 0 saturated carbocycles. The molecular formula is C14H17NO3. The predicted molar refractivity (Wildman–Crippen MR) is 68.9 cm³/mol. The van der Waals surface area contributed by atoms with Crippen molar-refractivity contribution in [1.29, 1.82) is 0 Å². The second kappa shape index (κ2) is 8.15. The van der Waals surface area contributed by atoms with Gasteiger partial charge in [0.05, 0.1) is 6.61 Å². The monoisotopic (exact) mass is 247 g/mol. The average Bonchev–Trinajstić information content (AvgIpc) is 2.42. The van der Waals surface area contributed by atoms with Crippen LogP contribution >= 0.6 is 0 Å². The summed E-state index contributed by atoms with van der Waals surface area (Å²) in [6.45, 7) is 1.39. The number of carbonyl (C=O) groups excluding carboxylic acids is 1. The largest absolute Gasteiger partial charge is 0.445 e. The highest BCUT2D eigenvalue weighted by atomic mass is 16.6. The van der Waals surface area contributed by atoms with Gasteiger partial charge in [0.1, 0.15) is 13.2 Å². The van der Waals surface area contributed by atoms with Crippen molar-refractivity contribution >= 4 is 6.09 Å². The van der Waals surface area contributed by atoms with Crippen molar-refractivity contribution in [3.63, 3.8) is 0 Å². The highest BCUT2D eigenvalue weighted by Gasteiger charge is 2.09. The maximum absolute atomic E-state index is 11.6. The quantitative estimate of drug-likeness (QED) is 0.569. The number of amides is 1. The summed E-state index contributed by atoms with van der Waals surface area (Å²) in [6.07, 6.45) is 4.66. The lowest BCUT2D eigenvalue weighted by Crippen LogP contribution is -2.30. The van der Waals surface area contributed by atoms with Crippen molar-refractivity contribution in [2.24, 2.45) is 0 Å². The van der Waals surface area contributed by atoms with Crippen LogP contribution in [0, 0.1) is 12.3 Å². The molecule has 96 valence electrons. The Kier molecular flexibility index (Phi) is 6.37. The highest BCUT2D eigenvalue weighted by molar-refractivity contribution is 5.67. The van der Waals surface area contributed by atoms with Gasteiger partial charge in [-0.15, -0.1) is 6.42 Å². The number of hydrogen-bond acceptors (Lipinski definition) is 3. The second-order valence-electron chi connectivity index (χ2n) is 3.72. The molecule has 4 nitrogen and oxygen atoms in total. The zero-order valence-corrected chi connectivity index (χ0v) is 10.5. The minimum absolute atomic E-state index is 0.257. The zero-order chi connectivity index (χ0) is 13.2. The van der Waals surface area contributed by atoms with Gasteiger partial charge in [0, 0.05) is 13.6 Å². The van der Waals surface area contributed by atoms with E-state index in [0.29, 0.717) is 13.2 Å². The lowest BCUT2D eigenvalue weighted by atomic mass is 10.2. The number of hydrogen-bond donors (Lipinski definition) is 0. The van der Waals surface area contributed by atoms with Gasteiger partial charge in [-0.1, -0.05) is 36.3 Å². The summed E-state index contributed by atoms with van der Waals surface area (Å²) in [4.78, 5) is 13.0. The van der Waals surface area contributed by atoms with Crippen LogP contribution in [0.4, 0.5) is 4.79 Å². The van der Waals surface area contributed by atoms with Crippen LogP contribution < -0.4 is 0 Å². The number of nitrogens with zero attached hydrogens (tertiary/aromatic N) is 1. The minimum Gasteiger partial charge on any atom is -0.445 e. The fraction of sp³-hybridized carbons (Fsp3) is 0.357. The third-order valence-electron chi connectivity index (χ3n) is 2.27. The van der Waals surface area contributed by atoms with Gasteiger partial charge >= 0.3 is 6.09 Å². The predicted octanol–water partition coefficient (Wildman–Crippen LogP) is 1.90. The summed E-state index contributed by atoms with van der Waals surface area (Å²) in [5.74, 6) is 2.36. The van der Waals surface area contributed by atoms with E-state index in [9.17, 15) is 4.79 Å². The van der Waals surface area contributed by atoms with E-state index in [2.05, 4.69) is 5.92 Å². The standard InChI is InChI=1S/C14H17NO3/c1-3-10-17-11-9-15(2)14(16)18-12-13-7-5-4-6-8-13/h1,4-8H,9-12H2,2H3. The first-order valence-corrected chi connectivity index (χ1v) is 5.67. The molecule has 1 aromatic carbocycles. The smallest absolute Gasteiger partial charge is 0.409 e. The summed E-state index contributed by atoms with van der Waals surface area (Å²) in [7, 11) is 1.66. The molecule has 0 spiro atoms. The molecular weight excluding hydrogens is 230 g/mol. The Morgan fingerprint density at radius 3 is 2.78 bits per heavy atom. The Morgan fingerprint density at radius 1 is 1.39 bits per heavy atom. The molecule has 1 rings (SSSR count). The first kappa shape index (κ1) is 14.1. The molecule has 0 atom stereocenters. The van der Waals surface area contributed by atoms with Gasteiger partial charge in [-0.25, -0.2) is 4.79 Å². The second-order valence-corrected chi connectivity index (χ2v) is 3.72. The van der Waals surface area contributed by atoms with Crippen LogP contribution in [0.2, 0.25) is 0 Å². The molecule has 18 heavy (non-hydrogen) atoms. The Balaban J connectivity index is 2.22. The van der Waals surface area contributed by atoms with Gasteiger partial charge < -0.3 is 14.4 Å². The average molecular weight is 247 g/mol. The van der Waals surface area contributed by atoms with E-state index in [1.165, 1.54) is 4.90 Å². The molecule has 1 amide bonds. The molecule has 0 fully saturated rings. The van der Waals surface area contributed by atoms with Crippen molar-refractivity contribution in [2.45, 2.75) is 6.61 Å². The number of terminal acetylenes is 1. The third-order valence-corrected chi connectivity index (χ3v) is 2.27. The normalized spacial score (nSPS) is 9.56. The first-order valence-electron chi connectivity index (χ1n) is 5.67. The molecule has 0 radical (unpaired) electrons. The number of rotatable bonds is 6. The molecule has 0 aliphatic carbocycles. The number of likely N-dealkylation sites (N-methyl/N-ethyl adjacent to an activating group) is 1. The Morgan fingerprint density at radius 2 is 2.11 bits per heavy atom. The lowest BCUT2D eigenvalue weighted by molar-refractivity contribution is 0.0874. The summed E-state index contributed by atoms with van der Waals surface area (Å²) in [5.41, 5.74) is 0.961. The lowest BCUT2D eigenvalue weighted by Gasteiger charge is -2.16. The molecule has 0 aliphatic rings. The minimum atomic E-state index is -0.372. The van der Waals surface area contributed by atoms with Crippen molar-refractivity contribution in [1.82, 2.24) is 4.90 Å². The van der Waals surface area contributed by atoms with E-state index >= 15 is 0 Å². The molecule has 0 heterocycles. The van der Waals surface area contributed by atoms with Crippen LogP contribution in [0.25, 0.3) is 0 Å². The molecule has 0 unspecified atom stereocenters. The van der Waals surface area contributed by atoms with Crippen LogP contribution in [0.1, 0.15) is 5.56 Å². The van der Waals surface area contributed by atoms with E-state index in [1.807, 2.05) is 30.3 Å². The van der Waals surface area contributed by atoms with Crippen LogP contribution in [0.15, 0.2) is 30.3 Å². The van der Waals surface area contributed by atoms with Crippen molar-refractivity contribution in [3.05, 3.63) is 35.9 Å². The first-order chi connectivity index (χ1) is 8.74. The summed E-state index contributed by atoms with van der Waals surface area (Å²) >= 11 is 0. The van der Waals surface area contributed by atoms with Gasteiger partial charge in [-0.3, -0.25) is 0 Å². The van der Waals surface area contributed by atoms with Gasteiger partial charge in [0.2, 0.25) is 0 Å². The van der Waals surface area contributed by atoms with Gasteiger partial charge in [0.15, 0.2) is 0 Å². The maximum Gasteiger partial charge on any atom is 0.409 e. The van der Waals surface area contributed by atoms with Crippen LogP contribution in [-0.2, 0) is 16.1 Å². The summed E-state index contributed by atoms with van der Waals surface area (Å²) < 4.78 is 10.2. The summed E-state index contributed by atoms with van der Waals surface area (Å²) in [5, 5.41) is 0. The van der Waals surface area contributed by atoms with Gasteiger partial charge in [-0.2, -0.15) is 0 Å². The third kappa shape index (κ3) is 5.37. The number of benzene rings is 1. The molecule has 1 aromatic rings. The van der Waals surface area contributed by atoms with E-state index in [4.69, 9.17) is 15.9 Å². The van der Waals surface area contributed by atoms with E-state index in [0.717, 1.165) is 5.56 Å². The Labute approximate surface area is 107 Å². The zero-order valence-electron chi connectivity index (χ0n) is 10.5. The van der Waals surface area contributed by atoms with Crippen molar-refractivity contribution < 1.29 is 14.3 Å². The fourth-order valence-electron chi connectivity index (χ4n) is 1.25. The van der Waals surface area contributed by atoms with Crippen molar-refractivity contribution in [3.8, 4) is 12.3 Å². The SMILES string of the molecule is C#CCOCCN(C)C(=O)OCc1ccccc1. The molecule has 0 saturated heterocycles. The molecule has 0 N–H and O–H groups in total. The topological polar surface area (TPSA) is 38.8 Å². The number of ether oxygens (including phenoxy) is 2. The van der Waals surface area contributed by atoms with E-state index in [-0.39, 0.29) is 19.3 Å². The molecule has 0 bridgehead atoms. The van der Waals surface area contributed by atoms with Crippen LogP contribution in [0.3, 0.4) is 0 Å². The van der Waals surface area contributed by atoms with Gasteiger partial charge in [-0.05, 0) is 5.56 Å². The Bertz CT molecular complexity index is 397.